The topological polar surface area (TPSA) is 82.7 Å². The lowest BCUT2D eigenvalue weighted by Gasteiger charge is -2.33. The summed E-state index contributed by atoms with van der Waals surface area (Å²) in [5.74, 6) is 1.16. The highest BCUT2D eigenvalue weighted by atomic mass is 16.5. The summed E-state index contributed by atoms with van der Waals surface area (Å²) >= 11 is 0. The van der Waals surface area contributed by atoms with E-state index >= 15 is 0 Å². The molecule has 0 spiro atoms. The molecule has 1 aliphatic carbocycles. The van der Waals surface area contributed by atoms with Gasteiger partial charge in [-0.1, -0.05) is 37.1 Å². The lowest BCUT2D eigenvalue weighted by atomic mass is 10.0. The van der Waals surface area contributed by atoms with E-state index in [1.54, 1.807) is 24.3 Å². The van der Waals surface area contributed by atoms with Gasteiger partial charge >= 0.3 is 6.03 Å². The molecule has 7 nitrogen and oxygen atoms in total. The van der Waals surface area contributed by atoms with Gasteiger partial charge in [0.1, 0.15) is 5.75 Å². The fourth-order valence-electron chi connectivity index (χ4n) is 4.70. The molecular formula is C26H34N4O3. The maximum atomic E-state index is 12.5. The first-order valence-electron chi connectivity index (χ1n) is 12.0. The van der Waals surface area contributed by atoms with Gasteiger partial charge in [-0.3, -0.25) is 4.79 Å². The van der Waals surface area contributed by atoms with Crippen LogP contribution in [0.25, 0.3) is 0 Å². The Kier molecular flexibility index (Phi) is 8.19. The van der Waals surface area contributed by atoms with Crippen molar-refractivity contribution in [1.29, 1.82) is 0 Å². The molecule has 0 aromatic heterocycles. The molecule has 1 aliphatic heterocycles. The number of anilines is 2. The van der Waals surface area contributed by atoms with E-state index in [9.17, 15) is 9.59 Å². The highest BCUT2D eigenvalue weighted by molar-refractivity contribution is 5.92. The first-order valence-corrected chi connectivity index (χ1v) is 12.0. The first kappa shape index (κ1) is 23.1. The van der Waals surface area contributed by atoms with Crippen LogP contribution in [0.5, 0.6) is 5.75 Å². The van der Waals surface area contributed by atoms with Gasteiger partial charge in [0, 0.05) is 43.1 Å². The molecule has 4 rings (SSSR count). The predicted octanol–water partition coefficient (Wildman–Crippen LogP) is 4.48. The number of hydrogen-bond acceptors (Lipinski definition) is 4. The monoisotopic (exact) mass is 450 g/mol. The molecule has 2 aromatic carbocycles. The fourth-order valence-corrected chi connectivity index (χ4v) is 4.70. The van der Waals surface area contributed by atoms with Crippen molar-refractivity contribution < 1.29 is 14.3 Å². The van der Waals surface area contributed by atoms with E-state index in [2.05, 4.69) is 20.9 Å². The summed E-state index contributed by atoms with van der Waals surface area (Å²) in [5, 5.41) is 8.76. The van der Waals surface area contributed by atoms with Crippen LogP contribution in [0.15, 0.2) is 54.6 Å². The van der Waals surface area contributed by atoms with Crippen molar-refractivity contribution in [2.45, 2.75) is 44.6 Å². The molecule has 3 amide bonds. The number of piperidine rings is 1. The van der Waals surface area contributed by atoms with Gasteiger partial charge in [-0.15, -0.1) is 0 Å². The van der Waals surface area contributed by atoms with Crippen molar-refractivity contribution in [3.05, 3.63) is 54.6 Å². The summed E-state index contributed by atoms with van der Waals surface area (Å²) in [4.78, 5) is 27.1. The largest absolute Gasteiger partial charge is 0.484 e. The van der Waals surface area contributed by atoms with Gasteiger partial charge < -0.3 is 25.6 Å². The molecule has 33 heavy (non-hydrogen) atoms. The number of carbonyl (C=O) groups is 2. The van der Waals surface area contributed by atoms with Crippen LogP contribution in [-0.4, -0.2) is 49.1 Å². The Labute approximate surface area is 195 Å². The molecule has 0 atom stereocenters. The van der Waals surface area contributed by atoms with Crippen molar-refractivity contribution in [1.82, 2.24) is 10.2 Å². The number of urea groups is 1. The average Bonchev–Trinajstić information content (AvgIpc) is 3.33. The summed E-state index contributed by atoms with van der Waals surface area (Å²) in [6.07, 6.45) is 7.49. The average molecular weight is 451 g/mol. The standard InChI is InChI=1S/C26H34N4O3/c31-25(27-21-9-2-1-3-10-21)19-33-24-12-6-11-23(17-24)29-26(32)28-22-13-15-30(16-14-22)18-20-7-4-5-8-20/h1-3,6,9-12,17,20,22H,4-5,7-8,13-16,18-19H2,(H,27,31)(H2,28,29,32). The molecule has 1 saturated carbocycles. The zero-order chi connectivity index (χ0) is 22.9. The van der Waals surface area contributed by atoms with Crippen LogP contribution in [0.1, 0.15) is 38.5 Å². The predicted molar refractivity (Wildman–Crippen MR) is 131 cm³/mol. The third kappa shape index (κ3) is 7.49. The third-order valence-electron chi connectivity index (χ3n) is 6.43. The maximum absolute atomic E-state index is 12.5. The summed E-state index contributed by atoms with van der Waals surface area (Å²) in [6, 6.07) is 16.3. The van der Waals surface area contributed by atoms with Gasteiger partial charge in [-0.05, 0) is 55.9 Å². The van der Waals surface area contributed by atoms with E-state index in [0.717, 1.165) is 37.5 Å². The molecule has 1 heterocycles. The maximum Gasteiger partial charge on any atom is 0.319 e. The fraction of sp³-hybridized carbons (Fsp3) is 0.462. The highest BCUT2D eigenvalue weighted by Crippen LogP contribution is 2.26. The number of rotatable bonds is 8. The van der Waals surface area contributed by atoms with Crippen LogP contribution in [0, 0.1) is 5.92 Å². The number of nitrogens with zero attached hydrogens (tertiary/aromatic N) is 1. The second-order valence-electron chi connectivity index (χ2n) is 9.05. The number of hydrogen-bond donors (Lipinski definition) is 3. The Morgan fingerprint density at radius 2 is 1.61 bits per heavy atom. The summed E-state index contributed by atoms with van der Waals surface area (Å²) in [5.41, 5.74) is 1.36. The van der Waals surface area contributed by atoms with Gasteiger partial charge in [-0.25, -0.2) is 4.79 Å². The van der Waals surface area contributed by atoms with Crippen molar-refractivity contribution in [2.75, 3.05) is 36.9 Å². The van der Waals surface area contributed by atoms with Crippen molar-refractivity contribution in [3.63, 3.8) is 0 Å². The molecule has 2 aliphatic rings. The summed E-state index contributed by atoms with van der Waals surface area (Å²) in [7, 11) is 0. The number of likely N-dealkylation sites (tertiary alicyclic amines) is 1. The zero-order valence-electron chi connectivity index (χ0n) is 19.1. The van der Waals surface area contributed by atoms with Gasteiger partial charge in [-0.2, -0.15) is 0 Å². The second-order valence-corrected chi connectivity index (χ2v) is 9.05. The lowest BCUT2D eigenvalue weighted by molar-refractivity contribution is -0.118. The Hall–Kier alpha value is -3.06. The molecule has 0 unspecified atom stereocenters. The molecule has 176 valence electrons. The van der Waals surface area contributed by atoms with E-state index in [1.165, 1.54) is 32.2 Å². The van der Waals surface area contributed by atoms with Crippen LogP contribution in [0.3, 0.4) is 0 Å². The normalized spacial score (nSPS) is 17.5. The number of para-hydroxylation sites is 1. The number of carbonyl (C=O) groups excluding carboxylic acids is 2. The second kappa shape index (κ2) is 11.7. The highest BCUT2D eigenvalue weighted by Gasteiger charge is 2.24. The third-order valence-corrected chi connectivity index (χ3v) is 6.43. The molecular weight excluding hydrogens is 416 g/mol. The molecule has 0 bridgehead atoms. The van der Waals surface area contributed by atoms with Crippen molar-refractivity contribution in [3.8, 4) is 5.75 Å². The van der Waals surface area contributed by atoms with Gasteiger partial charge in [0.25, 0.3) is 5.91 Å². The summed E-state index contributed by atoms with van der Waals surface area (Å²) < 4.78 is 5.59. The van der Waals surface area contributed by atoms with Crippen LogP contribution in [0.4, 0.5) is 16.2 Å². The molecule has 3 N–H and O–H groups in total. The van der Waals surface area contributed by atoms with Crippen molar-refractivity contribution >= 4 is 23.3 Å². The number of benzene rings is 2. The van der Waals surface area contributed by atoms with E-state index in [4.69, 9.17) is 4.74 Å². The zero-order valence-corrected chi connectivity index (χ0v) is 19.1. The number of nitrogens with one attached hydrogen (secondary N) is 3. The Bertz CT molecular complexity index is 907. The molecule has 7 heteroatoms. The van der Waals surface area contributed by atoms with Gasteiger partial charge in [0.15, 0.2) is 6.61 Å². The van der Waals surface area contributed by atoms with Crippen molar-refractivity contribution in [2.24, 2.45) is 5.92 Å². The smallest absolute Gasteiger partial charge is 0.319 e. The lowest BCUT2D eigenvalue weighted by Crippen LogP contribution is -2.46. The quantitative estimate of drug-likeness (QED) is 0.554. The molecule has 1 saturated heterocycles. The van der Waals surface area contributed by atoms with Crippen LogP contribution in [0.2, 0.25) is 0 Å². The Morgan fingerprint density at radius 3 is 2.36 bits per heavy atom. The minimum absolute atomic E-state index is 0.107. The van der Waals surface area contributed by atoms with E-state index in [-0.39, 0.29) is 24.6 Å². The van der Waals surface area contributed by atoms with Crippen LogP contribution < -0.4 is 20.7 Å². The number of amides is 3. The van der Waals surface area contributed by atoms with Gasteiger partial charge in [0.05, 0.1) is 0 Å². The van der Waals surface area contributed by atoms with E-state index in [0.29, 0.717) is 11.4 Å². The minimum atomic E-state index is -0.239. The Balaban J connectivity index is 1.17. The molecule has 2 fully saturated rings. The Morgan fingerprint density at radius 1 is 0.879 bits per heavy atom. The molecule has 2 aromatic rings. The first-order chi connectivity index (χ1) is 16.1. The number of ether oxygens (including phenoxy) is 1. The van der Waals surface area contributed by atoms with E-state index in [1.807, 2.05) is 30.3 Å². The van der Waals surface area contributed by atoms with E-state index < -0.39 is 0 Å². The van der Waals surface area contributed by atoms with Crippen LogP contribution >= 0.6 is 0 Å². The molecule has 0 radical (unpaired) electrons. The van der Waals surface area contributed by atoms with Crippen LogP contribution in [-0.2, 0) is 4.79 Å². The SMILES string of the molecule is O=C(COc1cccc(NC(=O)NC2CCN(CC3CCCC3)CC2)c1)Nc1ccccc1. The summed E-state index contributed by atoms with van der Waals surface area (Å²) in [6.45, 7) is 3.21. The minimum Gasteiger partial charge on any atom is -0.484 e. The van der Waals surface area contributed by atoms with Gasteiger partial charge in [0.2, 0.25) is 0 Å².